The standard InChI is InChI=1S/C16H24N2O2/c1-3-10-18(14-8-9-17-11-14)16(19)12-20-15-6-4-13(2)5-7-15/h4-7,14,17H,3,8-12H2,1-2H3. The van der Waals surface area contributed by atoms with Crippen molar-refractivity contribution in [2.24, 2.45) is 0 Å². The van der Waals surface area contributed by atoms with Gasteiger partial charge in [-0.2, -0.15) is 0 Å². The Labute approximate surface area is 121 Å². The third-order valence-corrected chi connectivity index (χ3v) is 3.64. The van der Waals surface area contributed by atoms with E-state index in [0.717, 1.165) is 38.2 Å². The van der Waals surface area contributed by atoms with E-state index in [1.807, 2.05) is 36.1 Å². The number of ether oxygens (including phenoxy) is 1. The molecule has 1 heterocycles. The molecular weight excluding hydrogens is 252 g/mol. The van der Waals surface area contributed by atoms with E-state index in [9.17, 15) is 4.79 Å². The largest absolute Gasteiger partial charge is 0.484 e. The fourth-order valence-corrected chi connectivity index (χ4v) is 2.52. The highest BCUT2D eigenvalue weighted by molar-refractivity contribution is 5.78. The Morgan fingerprint density at radius 2 is 2.15 bits per heavy atom. The molecular formula is C16H24N2O2. The van der Waals surface area contributed by atoms with E-state index < -0.39 is 0 Å². The van der Waals surface area contributed by atoms with Gasteiger partial charge in [-0.3, -0.25) is 4.79 Å². The zero-order valence-corrected chi connectivity index (χ0v) is 12.4. The summed E-state index contributed by atoms with van der Waals surface area (Å²) in [7, 11) is 0. The van der Waals surface area contributed by atoms with Crippen molar-refractivity contribution in [3.63, 3.8) is 0 Å². The minimum absolute atomic E-state index is 0.0844. The number of rotatable bonds is 6. The zero-order valence-electron chi connectivity index (χ0n) is 12.4. The van der Waals surface area contributed by atoms with Crippen LogP contribution in [0.2, 0.25) is 0 Å². The van der Waals surface area contributed by atoms with E-state index in [4.69, 9.17) is 4.74 Å². The topological polar surface area (TPSA) is 41.6 Å². The van der Waals surface area contributed by atoms with Crippen LogP contribution in [0.5, 0.6) is 5.75 Å². The summed E-state index contributed by atoms with van der Waals surface area (Å²) in [6, 6.07) is 8.12. The molecule has 1 saturated heterocycles. The van der Waals surface area contributed by atoms with Crippen LogP contribution in [0.15, 0.2) is 24.3 Å². The molecule has 1 aromatic rings. The van der Waals surface area contributed by atoms with E-state index in [-0.39, 0.29) is 12.5 Å². The van der Waals surface area contributed by atoms with E-state index in [1.54, 1.807) is 0 Å². The monoisotopic (exact) mass is 276 g/mol. The SMILES string of the molecule is CCCN(C(=O)COc1ccc(C)cc1)C1CCNC1. The highest BCUT2D eigenvalue weighted by atomic mass is 16.5. The number of carbonyl (C=O) groups excluding carboxylic acids is 1. The van der Waals surface area contributed by atoms with Gasteiger partial charge in [0.05, 0.1) is 0 Å². The number of nitrogens with zero attached hydrogens (tertiary/aromatic N) is 1. The molecule has 1 aliphatic rings. The molecule has 0 saturated carbocycles. The number of amides is 1. The van der Waals surface area contributed by atoms with Gasteiger partial charge in [0.2, 0.25) is 0 Å². The fourth-order valence-electron chi connectivity index (χ4n) is 2.52. The Morgan fingerprint density at radius 3 is 2.75 bits per heavy atom. The van der Waals surface area contributed by atoms with Crippen molar-refractivity contribution < 1.29 is 9.53 Å². The maximum atomic E-state index is 12.3. The summed E-state index contributed by atoms with van der Waals surface area (Å²) in [4.78, 5) is 14.3. The lowest BCUT2D eigenvalue weighted by Gasteiger charge is -2.28. The van der Waals surface area contributed by atoms with Crippen molar-refractivity contribution in [1.29, 1.82) is 0 Å². The van der Waals surface area contributed by atoms with Gasteiger partial charge in [-0.1, -0.05) is 24.6 Å². The molecule has 20 heavy (non-hydrogen) atoms. The average Bonchev–Trinajstić information content (AvgIpc) is 2.97. The average molecular weight is 276 g/mol. The lowest BCUT2D eigenvalue weighted by molar-refractivity contribution is -0.135. The van der Waals surface area contributed by atoms with Gasteiger partial charge in [-0.05, 0) is 38.4 Å². The van der Waals surface area contributed by atoms with Crippen LogP contribution in [0.1, 0.15) is 25.3 Å². The van der Waals surface area contributed by atoms with Gasteiger partial charge in [0.25, 0.3) is 5.91 Å². The predicted octanol–water partition coefficient (Wildman–Crippen LogP) is 1.97. The lowest BCUT2D eigenvalue weighted by atomic mass is 10.2. The van der Waals surface area contributed by atoms with Crippen LogP contribution in [-0.2, 0) is 4.79 Å². The number of carbonyl (C=O) groups is 1. The maximum Gasteiger partial charge on any atom is 0.260 e. The molecule has 2 rings (SSSR count). The molecule has 110 valence electrons. The molecule has 0 bridgehead atoms. The summed E-state index contributed by atoms with van der Waals surface area (Å²) in [6.07, 6.45) is 2.02. The molecule has 1 N–H and O–H groups in total. The molecule has 0 aromatic heterocycles. The van der Waals surface area contributed by atoms with Crippen molar-refractivity contribution in [1.82, 2.24) is 10.2 Å². The van der Waals surface area contributed by atoms with Crippen LogP contribution in [-0.4, -0.2) is 43.1 Å². The second kappa shape index (κ2) is 7.29. The van der Waals surface area contributed by atoms with Crippen molar-refractivity contribution in [2.45, 2.75) is 32.7 Å². The number of benzene rings is 1. The molecule has 0 aliphatic carbocycles. The van der Waals surface area contributed by atoms with Gasteiger partial charge in [0.15, 0.2) is 6.61 Å². The molecule has 0 spiro atoms. The first kappa shape index (κ1) is 14.9. The van der Waals surface area contributed by atoms with Crippen molar-refractivity contribution in [2.75, 3.05) is 26.2 Å². The van der Waals surface area contributed by atoms with E-state index in [0.29, 0.717) is 6.04 Å². The summed E-state index contributed by atoms with van der Waals surface area (Å²) in [5, 5.41) is 3.31. The van der Waals surface area contributed by atoms with E-state index in [1.165, 1.54) is 5.56 Å². The minimum Gasteiger partial charge on any atom is -0.484 e. The smallest absolute Gasteiger partial charge is 0.260 e. The minimum atomic E-state index is 0.0844. The summed E-state index contributed by atoms with van der Waals surface area (Å²) >= 11 is 0. The molecule has 1 amide bonds. The fraction of sp³-hybridized carbons (Fsp3) is 0.562. The Bertz CT molecular complexity index is 425. The van der Waals surface area contributed by atoms with Crippen LogP contribution in [0.4, 0.5) is 0 Å². The lowest BCUT2D eigenvalue weighted by Crippen LogP contribution is -2.44. The molecule has 0 radical (unpaired) electrons. The summed E-state index contributed by atoms with van der Waals surface area (Å²) in [6.45, 7) is 6.96. The first-order valence-electron chi connectivity index (χ1n) is 7.40. The summed E-state index contributed by atoms with van der Waals surface area (Å²) in [5.74, 6) is 0.839. The molecule has 1 aromatic carbocycles. The van der Waals surface area contributed by atoms with Crippen LogP contribution < -0.4 is 10.1 Å². The van der Waals surface area contributed by atoms with Gasteiger partial charge in [-0.25, -0.2) is 0 Å². The number of hydrogen-bond donors (Lipinski definition) is 1. The van der Waals surface area contributed by atoms with Crippen molar-refractivity contribution in [3.05, 3.63) is 29.8 Å². The van der Waals surface area contributed by atoms with Gasteiger partial charge in [-0.15, -0.1) is 0 Å². The second-order valence-corrected chi connectivity index (χ2v) is 5.34. The Balaban J connectivity index is 1.89. The molecule has 4 heteroatoms. The van der Waals surface area contributed by atoms with E-state index >= 15 is 0 Å². The Morgan fingerprint density at radius 1 is 1.40 bits per heavy atom. The molecule has 1 unspecified atom stereocenters. The van der Waals surface area contributed by atoms with Crippen molar-refractivity contribution in [3.8, 4) is 5.75 Å². The van der Waals surface area contributed by atoms with Crippen LogP contribution >= 0.6 is 0 Å². The molecule has 1 atom stereocenters. The normalized spacial score (nSPS) is 18.0. The zero-order chi connectivity index (χ0) is 14.4. The first-order chi connectivity index (χ1) is 9.70. The van der Waals surface area contributed by atoms with Gasteiger partial charge in [0, 0.05) is 19.1 Å². The molecule has 4 nitrogen and oxygen atoms in total. The Kier molecular flexibility index (Phi) is 5.41. The van der Waals surface area contributed by atoms with Crippen LogP contribution in [0, 0.1) is 6.92 Å². The summed E-state index contributed by atoms with van der Waals surface area (Å²) < 4.78 is 5.60. The highest BCUT2D eigenvalue weighted by Crippen LogP contribution is 2.13. The first-order valence-corrected chi connectivity index (χ1v) is 7.40. The second-order valence-electron chi connectivity index (χ2n) is 5.34. The third-order valence-electron chi connectivity index (χ3n) is 3.64. The highest BCUT2D eigenvalue weighted by Gasteiger charge is 2.25. The van der Waals surface area contributed by atoms with Gasteiger partial charge < -0.3 is 15.0 Å². The quantitative estimate of drug-likeness (QED) is 0.864. The number of hydrogen-bond acceptors (Lipinski definition) is 3. The third kappa shape index (κ3) is 3.97. The summed E-state index contributed by atoms with van der Waals surface area (Å²) in [5.41, 5.74) is 1.19. The molecule has 1 aliphatic heterocycles. The van der Waals surface area contributed by atoms with Crippen molar-refractivity contribution >= 4 is 5.91 Å². The number of aryl methyl sites for hydroxylation is 1. The predicted molar refractivity (Wildman–Crippen MR) is 80.0 cm³/mol. The molecule has 1 fully saturated rings. The Hall–Kier alpha value is -1.55. The number of nitrogens with one attached hydrogen (secondary N) is 1. The van der Waals surface area contributed by atoms with Gasteiger partial charge in [0.1, 0.15) is 5.75 Å². The van der Waals surface area contributed by atoms with E-state index in [2.05, 4.69) is 12.2 Å². The van der Waals surface area contributed by atoms with Gasteiger partial charge >= 0.3 is 0 Å². The van der Waals surface area contributed by atoms with Crippen LogP contribution in [0.25, 0.3) is 0 Å². The van der Waals surface area contributed by atoms with Crippen LogP contribution in [0.3, 0.4) is 0 Å². The maximum absolute atomic E-state index is 12.3.